The van der Waals surface area contributed by atoms with E-state index in [4.69, 9.17) is 9.52 Å². The minimum atomic E-state index is -1.68. The molecule has 2 rings (SSSR count). The number of rotatable bonds is 3. The van der Waals surface area contributed by atoms with Crippen molar-refractivity contribution in [2.24, 2.45) is 0 Å². The summed E-state index contributed by atoms with van der Waals surface area (Å²) in [6.07, 6.45) is 0.729. The molecule has 18 heavy (non-hydrogen) atoms. The van der Waals surface area contributed by atoms with Gasteiger partial charge in [-0.1, -0.05) is 12.1 Å². The number of carbonyl (C=O) groups is 1. The second kappa shape index (κ2) is 4.83. The Bertz CT molecular complexity index is 614. The van der Waals surface area contributed by atoms with Gasteiger partial charge in [0.15, 0.2) is 0 Å². The van der Waals surface area contributed by atoms with Gasteiger partial charge in [-0.25, -0.2) is 9.18 Å². The summed E-state index contributed by atoms with van der Waals surface area (Å²) in [5.74, 6) is -3.28. The first kappa shape index (κ1) is 12.0. The van der Waals surface area contributed by atoms with Gasteiger partial charge in [0.1, 0.15) is 17.3 Å². The molecule has 1 aromatic heterocycles. The number of halogens is 2. The minimum absolute atomic E-state index is 0.00755. The van der Waals surface area contributed by atoms with Crippen LogP contribution >= 0.6 is 0 Å². The van der Waals surface area contributed by atoms with Crippen molar-refractivity contribution in [3.63, 3.8) is 0 Å². The van der Waals surface area contributed by atoms with E-state index in [0.717, 1.165) is 6.08 Å². The predicted molar refractivity (Wildman–Crippen MR) is 60.8 cm³/mol. The molecule has 0 aliphatic carbocycles. The second-order valence-electron chi connectivity index (χ2n) is 3.48. The summed E-state index contributed by atoms with van der Waals surface area (Å²) in [5.41, 5.74) is 0.230. The molecule has 2 aromatic rings. The Morgan fingerprint density at radius 2 is 1.94 bits per heavy atom. The van der Waals surface area contributed by atoms with Crippen molar-refractivity contribution in [3.05, 3.63) is 53.8 Å². The summed E-state index contributed by atoms with van der Waals surface area (Å²) in [4.78, 5) is 10.3. The lowest BCUT2D eigenvalue weighted by molar-refractivity contribution is -0.134. The average molecular weight is 250 g/mol. The molecular formula is C13H8F2O3. The lowest BCUT2D eigenvalue weighted by Gasteiger charge is -1.97. The normalized spacial score (nSPS) is 11.6. The van der Waals surface area contributed by atoms with Crippen LogP contribution in [0.3, 0.4) is 0 Å². The van der Waals surface area contributed by atoms with Crippen molar-refractivity contribution in [1.82, 2.24) is 0 Å². The fraction of sp³-hybridized carbons (Fsp3) is 0. The van der Waals surface area contributed by atoms with Crippen molar-refractivity contribution < 1.29 is 23.1 Å². The number of carboxylic acid groups (broad SMARTS) is 1. The van der Waals surface area contributed by atoms with Crippen molar-refractivity contribution in [2.75, 3.05) is 0 Å². The molecule has 0 saturated carbocycles. The lowest BCUT2D eigenvalue weighted by Crippen LogP contribution is -1.93. The average Bonchev–Trinajstić information content (AvgIpc) is 2.77. The van der Waals surface area contributed by atoms with E-state index < -0.39 is 17.6 Å². The number of benzene rings is 1. The highest BCUT2D eigenvalue weighted by molar-refractivity contribution is 5.89. The van der Waals surface area contributed by atoms with Gasteiger partial charge in [0.25, 0.3) is 0 Å². The van der Waals surface area contributed by atoms with Gasteiger partial charge >= 0.3 is 5.97 Å². The van der Waals surface area contributed by atoms with E-state index in [1.165, 1.54) is 30.3 Å². The molecule has 0 saturated heterocycles. The van der Waals surface area contributed by atoms with Gasteiger partial charge in [-0.2, -0.15) is 4.39 Å². The van der Waals surface area contributed by atoms with Crippen LogP contribution in [-0.2, 0) is 4.79 Å². The first-order chi connectivity index (χ1) is 8.58. The molecule has 3 nitrogen and oxygen atoms in total. The first-order valence-electron chi connectivity index (χ1n) is 5.03. The molecule has 1 heterocycles. The van der Waals surface area contributed by atoms with Crippen molar-refractivity contribution in [1.29, 1.82) is 0 Å². The lowest BCUT2D eigenvalue weighted by atomic mass is 10.1. The maximum atomic E-state index is 13.4. The van der Waals surface area contributed by atoms with Gasteiger partial charge in [-0.05, 0) is 24.3 Å². The van der Waals surface area contributed by atoms with Crippen LogP contribution in [-0.4, -0.2) is 11.1 Å². The molecule has 0 atom stereocenters. The smallest absolute Gasteiger partial charge is 0.364 e. The Morgan fingerprint density at radius 3 is 2.61 bits per heavy atom. The molecule has 0 amide bonds. The summed E-state index contributed by atoms with van der Waals surface area (Å²) < 4.78 is 31.4. The zero-order valence-corrected chi connectivity index (χ0v) is 9.06. The SMILES string of the molecule is O=C(O)C(F)=Cc1ccc(-c2ccccc2F)o1. The van der Waals surface area contributed by atoms with Crippen LogP contribution in [0.15, 0.2) is 46.6 Å². The summed E-state index contributed by atoms with van der Waals surface area (Å²) in [5, 5.41) is 8.37. The number of carboxylic acids is 1. The third-order valence-corrected chi connectivity index (χ3v) is 2.24. The van der Waals surface area contributed by atoms with Crippen molar-refractivity contribution in [2.45, 2.75) is 0 Å². The highest BCUT2D eigenvalue weighted by Crippen LogP contribution is 2.25. The maximum Gasteiger partial charge on any atom is 0.364 e. The molecule has 0 radical (unpaired) electrons. The van der Waals surface area contributed by atoms with Gasteiger partial charge in [-0.3, -0.25) is 0 Å². The zero-order valence-electron chi connectivity index (χ0n) is 9.06. The topological polar surface area (TPSA) is 50.4 Å². The van der Waals surface area contributed by atoms with E-state index in [-0.39, 0.29) is 17.1 Å². The Labute approximate surface area is 101 Å². The Hall–Kier alpha value is -2.43. The van der Waals surface area contributed by atoms with Crippen LogP contribution in [0.5, 0.6) is 0 Å². The predicted octanol–water partition coefficient (Wildman–Crippen LogP) is 3.48. The molecule has 0 spiro atoms. The largest absolute Gasteiger partial charge is 0.476 e. The Balaban J connectivity index is 2.35. The van der Waals surface area contributed by atoms with E-state index in [1.54, 1.807) is 6.07 Å². The molecule has 92 valence electrons. The van der Waals surface area contributed by atoms with Crippen LogP contribution in [0.1, 0.15) is 5.76 Å². The summed E-state index contributed by atoms with van der Waals surface area (Å²) in [6, 6.07) is 8.76. The van der Waals surface area contributed by atoms with E-state index in [0.29, 0.717) is 0 Å². The summed E-state index contributed by atoms with van der Waals surface area (Å²) in [6.45, 7) is 0. The summed E-state index contributed by atoms with van der Waals surface area (Å²) >= 11 is 0. The van der Waals surface area contributed by atoms with Crippen molar-refractivity contribution in [3.8, 4) is 11.3 Å². The number of furan rings is 1. The van der Waals surface area contributed by atoms with E-state index in [9.17, 15) is 13.6 Å². The molecule has 0 unspecified atom stereocenters. The van der Waals surface area contributed by atoms with E-state index in [2.05, 4.69) is 0 Å². The highest BCUT2D eigenvalue weighted by Gasteiger charge is 2.10. The highest BCUT2D eigenvalue weighted by atomic mass is 19.1. The van der Waals surface area contributed by atoms with Crippen molar-refractivity contribution >= 4 is 12.0 Å². The molecule has 1 aromatic carbocycles. The fourth-order valence-electron chi connectivity index (χ4n) is 1.42. The molecular weight excluding hydrogens is 242 g/mol. The van der Waals surface area contributed by atoms with Crippen LogP contribution in [0.25, 0.3) is 17.4 Å². The first-order valence-corrected chi connectivity index (χ1v) is 5.03. The van der Waals surface area contributed by atoms with Gasteiger partial charge < -0.3 is 9.52 Å². The van der Waals surface area contributed by atoms with E-state index in [1.807, 2.05) is 0 Å². The molecule has 0 bridgehead atoms. The monoisotopic (exact) mass is 250 g/mol. The van der Waals surface area contributed by atoms with Gasteiger partial charge in [0.2, 0.25) is 5.83 Å². The number of hydrogen-bond donors (Lipinski definition) is 1. The molecule has 0 fully saturated rings. The maximum absolute atomic E-state index is 13.4. The quantitative estimate of drug-likeness (QED) is 0.848. The third kappa shape index (κ3) is 2.45. The molecule has 1 N–H and O–H groups in total. The third-order valence-electron chi connectivity index (χ3n) is 2.24. The van der Waals surface area contributed by atoms with Crippen LogP contribution < -0.4 is 0 Å². The number of hydrogen-bond acceptors (Lipinski definition) is 2. The Morgan fingerprint density at radius 1 is 1.22 bits per heavy atom. The number of aliphatic carboxylic acids is 1. The minimum Gasteiger partial charge on any atom is -0.476 e. The molecule has 0 aliphatic rings. The van der Waals surface area contributed by atoms with Gasteiger partial charge in [0.05, 0.1) is 5.56 Å². The fourth-order valence-corrected chi connectivity index (χ4v) is 1.42. The molecule has 0 aliphatic heterocycles. The van der Waals surface area contributed by atoms with Gasteiger partial charge in [0, 0.05) is 6.08 Å². The second-order valence-corrected chi connectivity index (χ2v) is 3.48. The van der Waals surface area contributed by atoms with Gasteiger partial charge in [-0.15, -0.1) is 0 Å². The van der Waals surface area contributed by atoms with Crippen LogP contribution in [0, 0.1) is 5.82 Å². The van der Waals surface area contributed by atoms with Crippen LogP contribution in [0.4, 0.5) is 8.78 Å². The van der Waals surface area contributed by atoms with Crippen LogP contribution in [0.2, 0.25) is 0 Å². The van der Waals surface area contributed by atoms with E-state index >= 15 is 0 Å². The molecule has 5 heteroatoms. The zero-order chi connectivity index (χ0) is 13.1. The standard InChI is InChI=1S/C13H8F2O3/c14-10-4-2-1-3-9(10)12-6-5-8(18-12)7-11(15)13(16)17/h1-7H,(H,16,17). The summed E-state index contributed by atoms with van der Waals surface area (Å²) in [7, 11) is 0. The Kier molecular flexibility index (Phi) is 3.23.